The van der Waals surface area contributed by atoms with Crippen molar-refractivity contribution in [3.63, 3.8) is 0 Å². The molecule has 0 fully saturated rings. The lowest BCUT2D eigenvalue weighted by molar-refractivity contribution is 0.458. The summed E-state index contributed by atoms with van der Waals surface area (Å²) >= 11 is 0. The highest BCUT2D eigenvalue weighted by atomic mass is 15.4. The van der Waals surface area contributed by atoms with Crippen molar-refractivity contribution in [3.8, 4) is 0 Å². The van der Waals surface area contributed by atoms with Gasteiger partial charge in [-0.1, -0.05) is 6.92 Å². The second kappa shape index (κ2) is 6.42. The number of aromatic nitrogens is 6. The Kier molecular flexibility index (Phi) is 4.62. The minimum absolute atomic E-state index is 0.111. The molecule has 0 radical (unpaired) electrons. The summed E-state index contributed by atoms with van der Waals surface area (Å²) < 4.78 is 1.95. The first-order valence-electron chi connectivity index (χ1n) is 6.69. The maximum Gasteiger partial charge on any atom is 0.138 e. The molecule has 0 saturated carbocycles. The molecular weight excluding hydrogens is 242 g/mol. The van der Waals surface area contributed by atoms with E-state index in [-0.39, 0.29) is 6.04 Å². The molecule has 0 amide bonds. The summed E-state index contributed by atoms with van der Waals surface area (Å²) in [4.78, 5) is 4.35. The van der Waals surface area contributed by atoms with Gasteiger partial charge in [0.25, 0.3) is 0 Å². The number of nitrogens with one attached hydrogen (secondary N) is 2. The molecule has 0 aromatic carbocycles. The van der Waals surface area contributed by atoms with Crippen molar-refractivity contribution in [2.45, 2.75) is 45.7 Å². The molecule has 2 N–H and O–H groups in total. The first kappa shape index (κ1) is 13.7. The highest BCUT2D eigenvalue weighted by molar-refractivity contribution is 5.04. The third-order valence-corrected chi connectivity index (χ3v) is 2.95. The summed E-state index contributed by atoms with van der Waals surface area (Å²) in [5.74, 6) is 0.964. The van der Waals surface area contributed by atoms with Crippen LogP contribution in [-0.4, -0.2) is 36.7 Å². The van der Waals surface area contributed by atoms with Crippen molar-refractivity contribution in [2.75, 3.05) is 6.54 Å². The number of hydrogen-bond donors (Lipinski definition) is 2. The Balaban J connectivity index is 2.13. The van der Waals surface area contributed by atoms with E-state index in [0.717, 1.165) is 30.9 Å². The predicted octanol–water partition coefficient (Wildman–Crippen LogP) is 1.26. The van der Waals surface area contributed by atoms with Crippen LogP contribution in [0.2, 0.25) is 0 Å². The van der Waals surface area contributed by atoms with Crippen LogP contribution in [0.5, 0.6) is 0 Å². The van der Waals surface area contributed by atoms with Gasteiger partial charge < -0.3 is 5.32 Å². The molecule has 2 aromatic rings. The van der Waals surface area contributed by atoms with Crippen LogP contribution in [0.3, 0.4) is 0 Å². The Labute approximate surface area is 112 Å². The lowest BCUT2D eigenvalue weighted by Crippen LogP contribution is -2.26. The molecule has 0 spiro atoms. The van der Waals surface area contributed by atoms with Crippen molar-refractivity contribution >= 4 is 0 Å². The lowest BCUT2D eigenvalue weighted by atomic mass is 10.1. The SMILES string of the molecule is CCCNC(Cc1ncnn1C(C)C)c1cn[nH]n1. The van der Waals surface area contributed by atoms with E-state index in [1.54, 1.807) is 12.5 Å². The predicted molar refractivity (Wildman–Crippen MR) is 71.5 cm³/mol. The van der Waals surface area contributed by atoms with Gasteiger partial charge in [0, 0.05) is 12.5 Å². The Bertz CT molecular complexity index is 474. The summed E-state index contributed by atoms with van der Waals surface area (Å²) in [6, 6.07) is 0.419. The summed E-state index contributed by atoms with van der Waals surface area (Å²) in [6.07, 6.45) is 5.19. The molecule has 0 aliphatic carbocycles. The molecule has 7 heteroatoms. The van der Waals surface area contributed by atoms with Gasteiger partial charge in [-0.25, -0.2) is 9.67 Å². The number of nitrogens with zero attached hydrogens (tertiary/aromatic N) is 5. The summed E-state index contributed by atoms with van der Waals surface area (Å²) in [5.41, 5.74) is 0.909. The zero-order chi connectivity index (χ0) is 13.7. The van der Waals surface area contributed by atoms with Gasteiger partial charge in [0.05, 0.1) is 17.9 Å². The summed E-state index contributed by atoms with van der Waals surface area (Å²) in [6.45, 7) is 7.28. The minimum Gasteiger partial charge on any atom is -0.308 e. The van der Waals surface area contributed by atoms with Crippen LogP contribution in [0, 0.1) is 0 Å². The molecule has 7 nitrogen and oxygen atoms in total. The fourth-order valence-electron chi connectivity index (χ4n) is 2.01. The van der Waals surface area contributed by atoms with Crippen molar-refractivity contribution in [1.29, 1.82) is 0 Å². The van der Waals surface area contributed by atoms with Crippen molar-refractivity contribution in [3.05, 3.63) is 24.0 Å². The van der Waals surface area contributed by atoms with Gasteiger partial charge in [0.15, 0.2) is 0 Å². The van der Waals surface area contributed by atoms with Crippen LogP contribution in [0.4, 0.5) is 0 Å². The van der Waals surface area contributed by atoms with Crippen LogP contribution in [0.15, 0.2) is 12.5 Å². The molecule has 1 unspecified atom stereocenters. The average molecular weight is 263 g/mol. The maximum atomic E-state index is 4.35. The first-order chi connectivity index (χ1) is 9.22. The van der Waals surface area contributed by atoms with Crippen LogP contribution in [0.25, 0.3) is 0 Å². The summed E-state index contributed by atoms with van der Waals surface area (Å²) in [7, 11) is 0. The fourth-order valence-corrected chi connectivity index (χ4v) is 2.01. The largest absolute Gasteiger partial charge is 0.308 e. The van der Waals surface area contributed by atoms with E-state index in [1.807, 2.05) is 4.68 Å². The Morgan fingerprint density at radius 1 is 1.42 bits per heavy atom. The van der Waals surface area contributed by atoms with E-state index in [4.69, 9.17) is 0 Å². The smallest absolute Gasteiger partial charge is 0.138 e. The second-order valence-electron chi connectivity index (χ2n) is 4.82. The average Bonchev–Trinajstić information content (AvgIpc) is 3.04. The zero-order valence-corrected chi connectivity index (χ0v) is 11.7. The molecular formula is C12H21N7. The molecule has 2 rings (SSSR count). The van der Waals surface area contributed by atoms with E-state index >= 15 is 0 Å². The highest BCUT2D eigenvalue weighted by Crippen LogP contribution is 2.16. The number of hydrogen-bond acceptors (Lipinski definition) is 5. The molecule has 0 bridgehead atoms. The van der Waals surface area contributed by atoms with E-state index in [9.17, 15) is 0 Å². The molecule has 2 aromatic heterocycles. The number of H-pyrrole nitrogens is 1. The zero-order valence-electron chi connectivity index (χ0n) is 11.7. The highest BCUT2D eigenvalue weighted by Gasteiger charge is 2.18. The maximum absolute atomic E-state index is 4.35. The van der Waals surface area contributed by atoms with Gasteiger partial charge >= 0.3 is 0 Å². The molecule has 0 aliphatic rings. The topological polar surface area (TPSA) is 84.3 Å². The third-order valence-electron chi connectivity index (χ3n) is 2.95. The van der Waals surface area contributed by atoms with Crippen molar-refractivity contribution in [2.24, 2.45) is 0 Å². The van der Waals surface area contributed by atoms with Crippen molar-refractivity contribution in [1.82, 2.24) is 35.5 Å². The molecule has 0 aliphatic heterocycles. The first-order valence-corrected chi connectivity index (χ1v) is 6.69. The van der Waals surface area contributed by atoms with E-state index in [0.29, 0.717) is 6.04 Å². The monoisotopic (exact) mass is 263 g/mol. The van der Waals surface area contributed by atoms with E-state index < -0.39 is 0 Å². The van der Waals surface area contributed by atoms with Gasteiger partial charge in [-0.15, -0.1) is 0 Å². The Hall–Kier alpha value is -1.76. The minimum atomic E-state index is 0.111. The van der Waals surface area contributed by atoms with Gasteiger partial charge in [-0.3, -0.25) is 0 Å². The van der Waals surface area contributed by atoms with Crippen LogP contribution in [-0.2, 0) is 6.42 Å². The Morgan fingerprint density at radius 2 is 2.26 bits per heavy atom. The van der Waals surface area contributed by atoms with Crippen LogP contribution < -0.4 is 5.32 Å². The van der Waals surface area contributed by atoms with Gasteiger partial charge in [-0.2, -0.15) is 20.5 Å². The molecule has 1 atom stereocenters. The quantitative estimate of drug-likeness (QED) is 0.785. The molecule has 0 saturated heterocycles. The molecule has 2 heterocycles. The normalized spacial score (nSPS) is 13.1. The Morgan fingerprint density at radius 3 is 2.89 bits per heavy atom. The van der Waals surface area contributed by atoms with E-state index in [2.05, 4.69) is 51.6 Å². The van der Waals surface area contributed by atoms with Crippen LogP contribution >= 0.6 is 0 Å². The van der Waals surface area contributed by atoms with Gasteiger partial charge in [-0.05, 0) is 26.8 Å². The standard InChI is InChI=1S/C12H21N7/c1-4-5-13-10(11-7-15-18-17-11)6-12-14-8-16-19(12)9(2)3/h7-10,13H,4-6H2,1-3H3,(H,15,17,18). The van der Waals surface area contributed by atoms with E-state index in [1.165, 1.54) is 0 Å². The van der Waals surface area contributed by atoms with Crippen LogP contribution in [0.1, 0.15) is 50.8 Å². The molecule has 19 heavy (non-hydrogen) atoms. The fraction of sp³-hybridized carbons (Fsp3) is 0.667. The van der Waals surface area contributed by atoms with Gasteiger partial charge in [0.2, 0.25) is 0 Å². The van der Waals surface area contributed by atoms with Gasteiger partial charge in [0.1, 0.15) is 12.2 Å². The second-order valence-corrected chi connectivity index (χ2v) is 4.82. The molecule has 104 valence electrons. The number of aromatic amines is 1. The number of rotatable bonds is 7. The third kappa shape index (κ3) is 3.37. The van der Waals surface area contributed by atoms with Crippen molar-refractivity contribution < 1.29 is 0 Å². The summed E-state index contributed by atoms with van der Waals surface area (Å²) in [5, 5.41) is 18.4. The lowest BCUT2D eigenvalue weighted by Gasteiger charge is -2.17.